The van der Waals surface area contributed by atoms with Crippen molar-refractivity contribution < 1.29 is 19.1 Å². The van der Waals surface area contributed by atoms with Gasteiger partial charge >= 0.3 is 5.97 Å². The van der Waals surface area contributed by atoms with Crippen molar-refractivity contribution in [3.63, 3.8) is 0 Å². The minimum absolute atomic E-state index is 0.173. The van der Waals surface area contributed by atoms with Crippen LogP contribution in [-0.2, 0) is 9.53 Å². The molecule has 164 valence electrons. The summed E-state index contributed by atoms with van der Waals surface area (Å²) >= 11 is 6.05. The lowest BCUT2D eigenvalue weighted by atomic mass is 10.1. The Morgan fingerprint density at radius 1 is 1.00 bits per heavy atom. The average molecular weight is 460 g/mol. The van der Waals surface area contributed by atoms with Gasteiger partial charge in [-0.3, -0.25) is 4.79 Å². The molecule has 1 atom stereocenters. The summed E-state index contributed by atoms with van der Waals surface area (Å²) in [6.07, 6.45) is 0. The van der Waals surface area contributed by atoms with Crippen LogP contribution in [0.5, 0.6) is 5.75 Å². The minimum atomic E-state index is -1.72. The second kappa shape index (κ2) is 10.3. The van der Waals surface area contributed by atoms with Crippen LogP contribution in [0.25, 0.3) is 0 Å². The van der Waals surface area contributed by atoms with Crippen LogP contribution in [0.15, 0.2) is 72.8 Å². The highest BCUT2D eigenvalue weighted by Crippen LogP contribution is 2.24. The van der Waals surface area contributed by atoms with Crippen LogP contribution < -0.4 is 10.1 Å². The molecule has 3 rings (SSSR count). The summed E-state index contributed by atoms with van der Waals surface area (Å²) in [7, 11) is 0. The number of amides is 1. The first-order chi connectivity index (χ1) is 15.8. The Hall–Kier alpha value is -4.33. The molecule has 1 N–H and O–H groups in total. The lowest BCUT2D eigenvalue weighted by Crippen LogP contribution is -2.49. The van der Waals surface area contributed by atoms with Gasteiger partial charge in [-0.15, -0.1) is 0 Å². The van der Waals surface area contributed by atoms with E-state index in [1.807, 2.05) is 12.1 Å². The van der Waals surface area contributed by atoms with Crippen LogP contribution in [0.1, 0.15) is 28.4 Å². The number of rotatable bonds is 7. The van der Waals surface area contributed by atoms with E-state index in [2.05, 4.69) is 5.32 Å². The van der Waals surface area contributed by atoms with Crippen molar-refractivity contribution in [2.75, 3.05) is 11.9 Å². The average Bonchev–Trinajstić information content (AvgIpc) is 2.83. The fourth-order valence-corrected chi connectivity index (χ4v) is 3.00. The van der Waals surface area contributed by atoms with Crippen molar-refractivity contribution in [1.29, 1.82) is 10.5 Å². The van der Waals surface area contributed by atoms with E-state index in [0.29, 0.717) is 17.0 Å². The van der Waals surface area contributed by atoms with Crippen LogP contribution in [0, 0.1) is 22.7 Å². The van der Waals surface area contributed by atoms with Crippen LogP contribution in [0.4, 0.5) is 5.69 Å². The van der Waals surface area contributed by atoms with Crippen LogP contribution in [0.2, 0.25) is 5.02 Å². The van der Waals surface area contributed by atoms with Gasteiger partial charge in [-0.1, -0.05) is 29.8 Å². The fraction of sp³-hybridized carbons (Fsp3) is 0.120. The second-order valence-corrected chi connectivity index (χ2v) is 7.58. The van der Waals surface area contributed by atoms with E-state index in [1.54, 1.807) is 54.6 Å². The van der Waals surface area contributed by atoms with Gasteiger partial charge in [0.1, 0.15) is 18.4 Å². The van der Waals surface area contributed by atoms with Crippen LogP contribution >= 0.6 is 11.6 Å². The molecule has 33 heavy (non-hydrogen) atoms. The summed E-state index contributed by atoms with van der Waals surface area (Å²) in [5.41, 5.74) is -0.407. The number of benzene rings is 3. The number of halogens is 1. The van der Waals surface area contributed by atoms with Crippen molar-refractivity contribution in [2.24, 2.45) is 0 Å². The second-order valence-electron chi connectivity index (χ2n) is 7.17. The number of hydrogen-bond acceptors (Lipinski definition) is 6. The minimum Gasteiger partial charge on any atom is -0.489 e. The van der Waals surface area contributed by atoms with Gasteiger partial charge in [-0.25, -0.2) is 4.79 Å². The standard InChI is InChI=1S/C25H18ClN3O4/c1-25(33-23(30)18-5-3-2-4-6-18,16-32-21-11-7-17(14-27)8-12-21)24(31)29-20-10-9-19(15-28)22(26)13-20/h2-13H,16H2,1H3,(H,29,31)/t25-/m0/s1. The largest absolute Gasteiger partial charge is 0.489 e. The molecule has 0 unspecified atom stereocenters. The Bertz CT molecular complexity index is 1250. The summed E-state index contributed by atoms with van der Waals surface area (Å²) in [5, 5.41) is 20.8. The molecule has 0 heterocycles. The molecule has 0 saturated heterocycles. The highest BCUT2D eigenvalue weighted by molar-refractivity contribution is 6.32. The molecule has 0 radical (unpaired) electrons. The van der Waals surface area contributed by atoms with Crippen molar-refractivity contribution in [2.45, 2.75) is 12.5 Å². The van der Waals surface area contributed by atoms with Gasteiger partial charge in [-0.05, 0) is 61.5 Å². The predicted molar refractivity (Wildman–Crippen MR) is 122 cm³/mol. The maximum Gasteiger partial charge on any atom is 0.339 e. The highest BCUT2D eigenvalue weighted by Gasteiger charge is 2.39. The zero-order valence-electron chi connectivity index (χ0n) is 17.5. The number of nitrogens with zero attached hydrogens (tertiary/aromatic N) is 2. The molecule has 0 fully saturated rings. The number of ether oxygens (including phenoxy) is 2. The number of carbonyl (C=O) groups is 2. The van der Waals surface area contributed by atoms with E-state index in [4.69, 9.17) is 31.6 Å². The van der Waals surface area contributed by atoms with E-state index in [9.17, 15) is 9.59 Å². The van der Waals surface area contributed by atoms with Crippen molar-refractivity contribution >= 4 is 29.2 Å². The van der Waals surface area contributed by atoms with E-state index in [1.165, 1.54) is 25.1 Å². The summed E-state index contributed by atoms with van der Waals surface area (Å²) in [6, 6.07) is 22.9. The molecule has 0 aliphatic carbocycles. The molecule has 0 aliphatic rings. The van der Waals surface area contributed by atoms with Crippen molar-refractivity contribution in [1.82, 2.24) is 0 Å². The van der Waals surface area contributed by atoms with Gasteiger partial charge in [0, 0.05) is 5.69 Å². The van der Waals surface area contributed by atoms with Gasteiger partial charge in [-0.2, -0.15) is 10.5 Å². The number of esters is 1. The van der Waals surface area contributed by atoms with Crippen LogP contribution in [0.3, 0.4) is 0 Å². The summed E-state index contributed by atoms with van der Waals surface area (Å²) in [5.74, 6) is -0.957. The Balaban J connectivity index is 1.83. The van der Waals surface area contributed by atoms with E-state index in [0.717, 1.165) is 0 Å². The van der Waals surface area contributed by atoms with Gasteiger partial charge in [0.15, 0.2) is 0 Å². The first kappa shape index (κ1) is 23.3. The molecule has 7 nitrogen and oxygen atoms in total. The van der Waals surface area contributed by atoms with Crippen LogP contribution in [-0.4, -0.2) is 24.1 Å². The lowest BCUT2D eigenvalue weighted by Gasteiger charge is -2.28. The third-order valence-electron chi connectivity index (χ3n) is 4.65. The molecule has 0 aromatic heterocycles. The number of carbonyl (C=O) groups excluding carboxylic acids is 2. The van der Waals surface area contributed by atoms with Crippen molar-refractivity contribution in [3.8, 4) is 17.9 Å². The van der Waals surface area contributed by atoms with Gasteiger partial charge in [0.25, 0.3) is 5.91 Å². The quantitative estimate of drug-likeness (QED) is 0.512. The molecular weight excluding hydrogens is 442 g/mol. The normalized spacial score (nSPS) is 11.9. The molecule has 8 heteroatoms. The maximum atomic E-state index is 13.2. The topological polar surface area (TPSA) is 112 Å². The maximum absolute atomic E-state index is 13.2. The molecule has 0 spiro atoms. The lowest BCUT2D eigenvalue weighted by molar-refractivity contribution is -0.136. The zero-order valence-corrected chi connectivity index (χ0v) is 18.3. The first-order valence-electron chi connectivity index (χ1n) is 9.77. The number of nitrogens with one attached hydrogen (secondary N) is 1. The zero-order chi connectivity index (χ0) is 23.8. The first-order valence-corrected chi connectivity index (χ1v) is 10.1. The van der Waals surface area contributed by atoms with Gasteiger partial charge in [0.2, 0.25) is 5.60 Å². The third-order valence-corrected chi connectivity index (χ3v) is 4.97. The van der Waals surface area contributed by atoms with E-state index in [-0.39, 0.29) is 22.8 Å². The van der Waals surface area contributed by atoms with Gasteiger partial charge in [0.05, 0.1) is 27.8 Å². The highest BCUT2D eigenvalue weighted by atomic mass is 35.5. The molecule has 3 aromatic carbocycles. The Kier molecular flexibility index (Phi) is 7.30. The molecule has 0 saturated carbocycles. The smallest absolute Gasteiger partial charge is 0.339 e. The Labute approximate surface area is 195 Å². The third kappa shape index (κ3) is 5.88. The fourth-order valence-electron chi connectivity index (χ4n) is 2.77. The monoisotopic (exact) mass is 459 g/mol. The van der Waals surface area contributed by atoms with Gasteiger partial charge < -0.3 is 14.8 Å². The Morgan fingerprint density at radius 3 is 2.30 bits per heavy atom. The molecule has 0 aliphatic heterocycles. The number of anilines is 1. The van der Waals surface area contributed by atoms with E-state index < -0.39 is 17.5 Å². The molecular formula is C25H18ClN3O4. The molecule has 0 bridgehead atoms. The molecule has 1 amide bonds. The predicted octanol–water partition coefficient (Wildman–Crippen LogP) is 4.72. The number of hydrogen-bond donors (Lipinski definition) is 1. The summed E-state index contributed by atoms with van der Waals surface area (Å²) in [6.45, 7) is 1.13. The van der Waals surface area contributed by atoms with Crippen molar-refractivity contribution in [3.05, 3.63) is 94.5 Å². The summed E-state index contributed by atoms with van der Waals surface area (Å²) < 4.78 is 11.3. The summed E-state index contributed by atoms with van der Waals surface area (Å²) in [4.78, 5) is 25.9. The van der Waals surface area contributed by atoms with E-state index >= 15 is 0 Å². The molecule has 3 aromatic rings. The Morgan fingerprint density at radius 2 is 1.70 bits per heavy atom. The number of nitriles is 2. The SMILES string of the molecule is C[C@@](COc1ccc(C#N)cc1)(OC(=O)c1ccccc1)C(=O)Nc1ccc(C#N)c(Cl)c1.